The number of nitrogens with two attached hydrogens (primary N) is 1. The molecule has 6 N–H and O–H groups in total. The molecule has 220 valence electrons. The number of nitrogens with one attached hydrogen (secondary N) is 4. The molecule has 1 aliphatic heterocycles. The van der Waals surface area contributed by atoms with Gasteiger partial charge in [-0.05, 0) is 50.8 Å². The third kappa shape index (κ3) is 11.7. The number of carbonyl (C=O) groups is 2. The van der Waals surface area contributed by atoms with E-state index in [2.05, 4.69) is 26.1 Å². The summed E-state index contributed by atoms with van der Waals surface area (Å²) in [7, 11) is 1.82. The van der Waals surface area contributed by atoms with Crippen LogP contribution in [-0.4, -0.2) is 55.0 Å². The molecule has 40 heavy (non-hydrogen) atoms. The van der Waals surface area contributed by atoms with E-state index in [1.165, 1.54) is 24.4 Å². The van der Waals surface area contributed by atoms with Crippen LogP contribution < -0.4 is 31.8 Å². The number of unbranched alkanes of at least 4 members (excludes halogenated alkanes) is 1. The van der Waals surface area contributed by atoms with Gasteiger partial charge in [-0.1, -0.05) is 35.9 Å². The molecule has 13 heteroatoms. The number of allylic oxidation sites excluding steroid dienone is 3. The van der Waals surface area contributed by atoms with E-state index < -0.39 is 12.3 Å². The summed E-state index contributed by atoms with van der Waals surface area (Å²) in [6.45, 7) is 5.68. The van der Waals surface area contributed by atoms with E-state index in [1.54, 1.807) is 17.4 Å². The molecule has 2 amide bonds. The molecule has 0 aromatic heterocycles. The lowest BCUT2D eigenvalue weighted by Gasteiger charge is -2.24. The van der Waals surface area contributed by atoms with Crippen molar-refractivity contribution in [1.82, 2.24) is 31.5 Å². The SMILES string of the molecule is C/C=C\C(=C/C)CCNC(=O)C1=CN(CCCCN/C=C(\N)C(=O)NCc2cccc(OC(F)(F)F)c2)N(C)N1. The first-order valence-electron chi connectivity index (χ1n) is 12.9. The van der Waals surface area contributed by atoms with Crippen molar-refractivity contribution >= 4 is 11.8 Å². The second-order valence-corrected chi connectivity index (χ2v) is 8.85. The lowest BCUT2D eigenvalue weighted by atomic mass is 10.1. The third-order valence-electron chi connectivity index (χ3n) is 5.70. The number of halogens is 3. The maximum Gasteiger partial charge on any atom is 0.573 e. The Balaban J connectivity index is 1.67. The molecule has 0 fully saturated rings. The van der Waals surface area contributed by atoms with Gasteiger partial charge >= 0.3 is 6.36 Å². The minimum Gasteiger partial charge on any atom is -0.406 e. The van der Waals surface area contributed by atoms with Crippen molar-refractivity contribution in [3.63, 3.8) is 0 Å². The quantitative estimate of drug-likeness (QED) is 0.125. The Morgan fingerprint density at radius 3 is 2.62 bits per heavy atom. The predicted molar refractivity (Wildman–Crippen MR) is 146 cm³/mol. The molecule has 1 aliphatic rings. The highest BCUT2D eigenvalue weighted by atomic mass is 19.4. The fourth-order valence-corrected chi connectivity index (χ4v) is 3.67. The number of rotatable bonds is 15. The lowest BCUT2D eigenvalue weighted by molar-refractivity contribution is -0.274. The molecule has 0 atom stereocenters. The minimum absolute atomic E-state index is 0.0135. The van der Waals surface area contributed by atoms with E-state index in [1.807, 2.05) is 44.1 Å². The van der Waals surface area contributed by atoms with Crippen molar-refractivity contribution < 1.29 is 27.5 Å². The average molecular weight is 566 g/mol. The number of ether oxygens (including phenoxy) is 1. The van der Waals surface area contributed by atoms with Gasteiger partial charge in [0.1, 0.15) is 17.1 Å². The molecule has 10 nitrogen and oxygen atoms in total. The minimum atomic E-state index is -4.79. The van der Waals surface area contributed by atoms with Crippen LogP contribution >= 0.6 is 0 Å². The zero-order valence-electron chi connectivity index (χ0n) is 23.0. The summed E-state index contributed by atoms with van der Waals surface area (Å²) in [5.41, 5.74) is 10.8. The molecule has 0 radical (unpaired) electrons. The highest BCUT2D eigenvalue weighted by Crippen LogP contribution is 2.23. The van der Waals surface area contributed by atoms with Gasteiger partial charge in [-0.3, -0.25) is 20.0 Å². The van der Waals surface area contributed by atoms with Crippen molar-refractivity contribution in [3.05, 3.63) is 77.4 Å². The van der Waals surface area contributed by atoms with Crippen LogP contribution in [0.15, 0.2) is 71.9 Å². The number of benzene rings is 1. The zero-order valence-corrected chi connectivity index (χ0v) is 23.0. The molecular formula is C27H38F3N7O3. The fraction of sp³-hybridized carbons (Fsp3) is 0.407. The number of hydrogen-bond donors (Lipinski definition) is 5. The first-order valence-corrected chi connectivity index (χ1v) is 12.9. The van der Waals surface area contributed by atoms with Crippen molar-refractivity contribution in [2.75, 3.05) is 26.7 Å². The van der Waals surface area contributed by atoms with Crippen LogP contribution in [-0.2, 0) is 16.1 Å². The van der Waals surface area contributed by atoms with Gasteiger partial charge in [0.2, 0.25) is 0 Å². The Morgan fingerprint density at radius 1 is 1.15 bits per heavy atom. The van der Waals surface area contributed by atoms with Crippen molar-refractivity contribution in [1.29, 1.82) is 0 Å². The zero-order chi connectivity index (χ0) is 29.5. The molecule has 0 unspecified atom stereocenters. The summed E-state index contributed by atoms with van der Waals surface area (Å²) in [5, 5.41) is 12.1. The molecule has 1 aromatic carbocycles. The van der Waals surface area contributed by atoms with Gasteiger partial charge in [-0.2, -0.15) is 0 Å². The van der Waals surface area contributed by atoms with E-state index >= 15 is 0 Å². The van der Waals surface area contributed by atoms with Gasteiger partial charge in [0.05, 0.1) is 0 Å². The van der Waals surface area contributed by atoms with Crippen LogP contribution in [0.4, 0.5) is 13.2 Å². The maximum absolute atomic E-state index is 12.4. The normalized spacial score (nSPS) is 14.7. The summed E-state index contributed by atoms with van der Waals surface area (Å²) in [4.78, 5) is 24.6. The predicted octanol–water partition coefficient (Wildman–Crippen LogP) is 2.91. The highest BCUT2D eigenvalue weighted by molar-refractivity contribution is 5.93. The monoisotopic (exact) mass is 565 g/mol. The molecule has 0 saturated carbocycles. The molecule has 2 rings (SSSR count). The topological polar surface area (TPSA) is 124 Å². The van der Waals surface area contributed by atoms with Crippen LogP contribution in [0.3, 0.4) is 0 Å². The summed E-state index contributed by atoms with van der Waals surface area (Å²) in [5.74, 6) is -1.10. The van der Waals surface area contributed by atoms with E-state index in [0.29, 0.717) is 30.9 Å². The summed E-state index contributed by atoms with van der Waals surface area (Å²) < 4.78 is 41.0. The van der Waals surface area contributed by atoms with Crippen LogP contribution in [0, 0.1) is 0 Å². The Bertz CT molecular complexity index is 1120. The molecule has 0 bridgehead atoms. The number of alkyl halides is 3. The molecule has 0 spiro atoms. The number of nitrogens with zero attached hydrogens (tertiary/aromatic N) is 2. The second-order valence-electron chi connectivity index (χ2n) is 8.85. The maximum atomic E-state index is 12.4. The number of hydrogen-bond acceptors (Lipinski definition) is 8. The second kappa shape index (κ2) is 16.1. The fourth-order valence-electron chi connectivity index (χ4n) is 3.67. The Labute approximate surface area is 232 Å². The number of hydrazine groups is 2. The van der Waals surface area contributed by atoms with Gasteiger partial charge in [0.25, 0.3) is 11.8 Å². The standard InChI is InChI=1S/C27H38F3N7O3/c1-4-9-20(5-2)12-14-33-26(39)24-19-37(36(3)35-24)15-7-6-13-32-18-23(31)25(38)34-17-21-10-8-11-22(16-21)40-27(28,29)30/h4-5,8-11,16,18-19,32,35H,6-7,12-15,17,31H2,1-3H3,(H,33,39)(H,34,38)/b9-4-,20-5+,23-18-. The molecule has 1 heterocycles. The number of amides is 2. The molecule has 0 aliphatic carbocycles. The Hall–Kier alpha value is -4.13. The smallest absolute Gasteiger partial charge is 0.406 e. The van der Waals surface area contributed by atoms with Gasteiger partial charge in [0, 0.05) is 45.6 Å². The van der Waals surface area contributed by atoms with Crippen molar-refractivity contribution in [2.24, 2.45) is 5.73 Å². The molecule has 1 aromatic rings. The highest BCUT2D eigenvalue weighted by Gasteiger charge is 2.31. The van der Waals surface area contributed by atoms with Gasteiger partial charge < -0.3 is 26.4 Å². The van der Waals surface area contributed by atoms with E-state index in [-0.39, 0.29) is 23.9 Å². The van der Waals surface area contributed by atoms with Crippen LogP contribution in [0.5, 0.6) is 5.75 Å². The van der Waals surface area contributed by atoms with Gasteiger partial charge in [-0.25, -0.2) is 0 Å². The first-order chi connectivity index (χ1) is 19.0. The van der Waals surface area contributed by atoms with E-state index in [0.717, 1.165) is 24.8 Å². The average Bonchev–Trinajstić information content (AvgIpc) is 3.28. The van der Waals surface area contributed by atoms with Crippen LogP contribution in [0.25, 0.3) is 0 Å². The van der Waals surface area contributed by atoms with Crippen molar-refractivity contribution in [3.8, 4) is 5.75 Å². The van der Waals surface area contributed by atoms with Gasteiger partial charge in [-0.15, -0.1) is 18.3 Å². The largest absolute Gasteiger partial charge is 0.573 e. The summed E-state index contributed by atoms with van der Waals surface area (Å²) >= 11 is 0. The lowest BCUT2D eigenvalue weighted by Crippen LogP contribution is -2.41. The summed E-state index contributed by atoms with van der Waals surface area (Å²) in [6, 6.07) is 5.33. The Kier molecular flexibility index (Phi) is 12.9. The van der Waals surface area contributed by atoms with Crippen molar-refractivity contribution in [2.45, 2.75) is 46.0 Å². The number of carbonyl (C=O) groups excluding carboxylic acids is 2. The van der Waals surface area contributed by atoms with E-state index in [4.69, 9.17) is 5.73 Å². The third-order valence-corrected chi connectivity index (χ3v) is 5.70. The summed E-state index contributed by atoms with van der Waals surface area (Å²) in [6.07, 6.45) is 6.69. The van der Waals surface area contributed by atoms with E-state index in [9.17, 15) is 22.8 Å². The van der Waals surface area contributed by atoms with Crippen LogP contribution in [0.1, 0.15) is 38.7 Å². The van der Waals surface area contributed by atoms with Gasteiger partial charge in [0.15, 0.2) is 0 Å². The molecular weight excluding hydrogens is 527 g/mol. The van der Waals surface area contributed by atoms with Crippen LogP contribution in [0.2, 0.25) is 0 Å². The molecule has 0 saturated heterocycles. The Morgan fingerprint density at radius 2 is 1.93 bits per heavy atom. The first kappa shape index (κ1) is 32.1.